The molecule has 1 heterocycles. The van der Waals surface area contributed by atoms with Crippen molar-refractivity contribution in [2.75, 3.05) is 0 Å². The van der Waals surface area contributed by atoms with Crippen molar-refractivity contribution in [3.05, 3.63) is 71.4 Å². The molecule has 2 aromatic carbocycles. The second-order valence-corrected chi connectivity index (χ2v) is 5.26. The molecule has 1 aromatic heterocycles. The van der Waals surface area contributed by atoms with E-state index in [1.165, 1.54) is 6.20 Å². The molecule has 3 rings (SSSR count). The predicted molar refractivity (Wildman–Crippen MR) is 82.8 cm³/mol. The van der Waals surface area contributed by atoms with Gasteiger partial charge in [-0.05, 0) is 43.2 Å². The quantitative estimate of drug-likeness (QED) is 0.745. The van der Waals surface area contributed by atoms with Crippen molar-refractivity contribution in [3.8, 4) is 16.9 Å². The highest BCUT2D eigenvalue weighted by atomic mass is 16.4. The van der Waals surface area contributed by atoms with Crippen molar-refractivity contribution < 1.29 is 9.90 Å². The van der Waals surface area contributed by atoms with Crippen LogP contribution in [0.2, 0.25) is 0 Å². The Bertz CT molecular complexity index is 836. The number of aryl methyl sites for hydroxylation is 2. The number of hydrogen-bond acceptors (Lipinski definition) is 3. The molecule has 0 atom stereocenters. The van der Waals surface area contributed by atoms with Gasteiger partial charge in [0.2, 0.25) is 0 Å². The van der Waals surface area contributed by atoms with Crippen LogP contribution in [0.4, 0.5) is 0 Å². The zero-order valence-electron chi connectivity index (χ0n) is 12.4. The van der Waals surface area contributed by atoms with Crippen molar-refractivity contribution in [3.63, 3.8) is 0 Å². The zero-order valence-corrected chi connectivity index (χ0v) is 12.4. The lowest BCUT2D eigenvalue weighted by Crippen LogP contribution is -2.22. The Kier molecular flexibility index (Phi) is 3.51. The fourth-order valence-electron chi connectivity index (χ4n) is 2.34. The van der Waals surface area contributed by atoms with Crippen LogP contribution in [0.3, 0.4) is 0 Å². The van der Waals surface area contributed by atoms with Gasteiger partial charge in [0.05, 0.1) is 11.7 Å². The number of carbonyl (C=O) groups is 1. The highest BCUT2D eigenvalue weighted by molar-refractivity contribution is 5.93. The summed E-state index contributed by atoms with van der Waals surface area (Å²) in [5.74, 6) is -1.23. The summed E-state index contributed by atoms with van der Waals surface area (Å²) in [7, 11) is 0. The fraction of sp³-hybridized carbons (Fsp3) is 0.111. The third kappa shape index (κ3) is 2.51. The van der Waals surface area contributed by atoms with Gasteiger partial charge in [0.1, 0.15) is 5.69 Å². The molecule has 0 aliphatic heterocycles. The lowest BCUT2D eigenvalue weighted by molar-refractivity contribution is -0.254. The van der Waals surface area contributed by atoms with Crippen LogP contribution in [-0.2, 0) is 0 Å². The summed E-state index contributed by atoms with van der Waals surface area (Å²) in [6.45, 7) is 4.01. The average Bonchev–Trinajstić information content (AvgIpc) is 2.96. The average molecular weight is 291 g/mol. The second-order valence-electron chi connectivity index (χ2n) is 5.26. The van der Waals surface area contributed by atoms with E-state index in [0.29, 0.717) is 5.69 Å². The van der Waals surface area contributed by atoms with Crippen molar-refractivity contribution in [2.24, 2.45) is 0 Å². The first-order valence-corrected chi connectivity index (χ1v) is 7.00. The van der Waals surface area contributed by atoms with Crippen LogP contribution >= 0.6 is 0 Å². The van der Waals surface area contributed by atoms with Gasteiger partial charge >= 0.3 is 0 Å². The highest BCUT2D eigenvalue weighted by Crippen LogP contribution is 2.25. The van der Waals surface area contributed by atoms with Crippen LogP contribution in [0.1, 0.15) is 21.5 Å². The van der Waals surface area contributed by atoms with Crippen LogP contribution in [0.25, 0.3) is 16.9 Å². The van der Waals surface area contributed by atoms with Gasteiger partial charge in [0.15, 0.2) is 0 Å². The molecular formula is C18H15N2O2-. The number of carbonyl (C=O) groups excluding carboxylic acids is 1. The molecule has 0 saturated carbocycles. The standard InChI is InChI=1S/C18H16N2O2/c1-12-8-9-14(10-13(12)2)17-16(18(21)22)11-20(19-17)15-6-4-3-5-7-15/h3-11H,1-2H3,(H,21,22)/p-1. The predicted octanol–water partition coefficient (Wildman–Crippen LogP) is 2.52. The summed E-state index contributed by atoms with van der Waals surface area (Å²) in [5, 5.41) is 15.9. The van der Waals surface area contributed by atoms with Gasteiger partial charge in [0.25, 0.3) is 0 Å². The van der Waals surface area contributed by atoms with Crippen LogP contribution in [0.5, 0.6) is 0 Å². The van der Waals surface area contributed by atoms with Crippen molar-refractivity contribution in [1.82, 2.24) is 9.78 Å². The number of carboxylic acids is 1. The summed E-state index contributed by atoms with van der Waals surface area (Å²) in [5.41, 5.74) is 4.34. The molecular weight excluding hydrogens is 276 g/mol. The lowest BCUT2D eigenvalue weighted by atomic mass is 10.0. The molecule has 0 unspecified atom stereocenters. The number of para-hydroxylation sites is 1. The number of rotatable bonds is 3. The summed E-state index contributed by atoms with van der Waals surface area (Å²) in [6.07, 6.45) is 1.50. The van der Waals surface area contributed by atoms with Gasteiger partial charge in [-0.25, -0.2) is 4.68 Å². The van der Waals surface area contributed by atoms with Crippen LogP contribution in [0.15, 0.2) is 54.7 Å². The molecule has 0 N–H and O–H groups in total. The Morgan fingerprint density at radius 1 is 1.05 bits per heavy atom. The first kappa shape index (κ1) is 14.1. The number of aromatic nitrogens is 2. The zero-order chi connectivity index (χ0) is 15.7. The third-order valence-corrected chi connectivity index (χ3v) is 3.74. The van der Waals surface area contributed by atoms with E-state index >= 15 is 0 Å². The maximum Gasteiger partial charge on any atom is 0.102 e. The number of carboxylic acid groups (broad SMARTS) is 1. The van der Waals surface area contributed by atoms with E-state index in [4.69, 9.17) is 0 Å². The molecule has 22 heavy (non-hydrogen) atoms. The van der Waals surface area contributed by atoms with Gasteiger partial charge in [-0.15, -0.1) is 0 Å². The Labute approximate surface area is 128 Å². The van der Waals surface area contributed by atoms with E-state index in [1.54, 1.807) is 4.68 Å². The van der Waals surface area contributed by atoms with Crippen LogP contribution < -0.4 is 5.11 Å². The van der Waals surface area contributed by atoms with Crippen molar-refractivity contribution in [2.45, 2.75) is 13.8 Å². The van der Waals surface area contributed by atoms with Crippen LogP contribution in [0, 0.1) is 13.8 Å². The Hall–Kier alpha value is -2.88. The first-order valence-electron chi connectivity index (χ1n) is 7.00. The van der Waals surface area contributed by atoms with E-state index in [9.17, 15) is 9.90 Å². The maximum atomic E-state index is 11.4. The molecule has 3 aromatic rings. The Morgan fingerprint density at radius 2 is 1.77 bits per heavy atom. The molecule has 4 heteroatoms. The SMILES string of the molecule is Cc1ccc(-c2nn(-c3ccccc3)cc2C(=O)[O-])cc1C. The molecule has 110 valence electrons. The van der Waals surface area contributed by atoms with E-state index in [1.807, 2.05) is 62.4 Å². The van der Waals surface area contributed by atoms with E-state index in [0.717, 1.165) is 22.4 Å². The smallest absolute Gasteiger partial charge is 0.102 e. The summed E-state index contributed by atoms with van der Waals surface area (Å²) >= 11 is 0. The molecule has 0 spiro atoms. The Morgan fingerprint density at radius 3 is 2.41 bits per heavy atom. The number of nitrogens with zero attached hydrogens (tertiary/aromatic N) is 2. The van der Waals surface area contributed by atoms with Gasteiger partial charge in [-0.2, -0.15) is 5.10 Å². The van der Waals surface area contributed by atoms with Gasteiger partial charge in [0, 0.05) is 17.3 Å². The van der Waals surface area contributed by atoms with Gasteiger partial charge < -0.3 is 9.90 Å². The molecule has 0 fully saturated rings. The first-order chi connectivity index (χ1) is 10.6. The van der Waals surface area contributed by atoms with E-state index in [-0.39, 0.29) is 5.56 Å². The fourth-order valence-corrected chi connectivity index (χ4v) is 2.34. The maximum absolute atomic E-state index is 11.4. The minimum absolute atomic E-state index is 0.0899. The largest absolute Gasteiger partial charge is 0.545 e. The van der Waals surface area contributed by atoms with Crippen molar-refractivity contribution in [1.29, 1.82) is 0 Å². The number of benzene rings is 2. The molecule has 0 bridgehead atoms. The number of hydrogen-bond donors (Lipinski definition) is 0. The highest BCUT2D eigenvalue weighted by Gasteiger charge is 2.13. The molecule has 0 amide bonds. The normalized spacial score (nSPS) is 10.6. The van der Waals surface area contributed by atoms with Gasteiger partial charge in [-0.3, -0.25) is 0 Å². The molecule has 0 aliphatic carbocycles. The van der Waals surface area contributed by atoms with Gasteiger partial charge in [-0.1, -0.05) is 30.3 Å². The van der Waals surface area contributed by atoms with E-state index in [2.05, 4.69) is 5.10 Å². The van der Waals surface area contributed by atoms with E-state index < -0.39 is 5.97 Å². The monoisotopic (exact) mass is 291 g/mol. The topological polar surface area (TPSA) is 58.0 Å². The molecule has 4 nitrogen and oxygen atoms in total. The van der Waals surface area contributed by atoms with Crippen LogP contribution in [-0.4, -0.2) is 15.7 Å². The minimum atomic E-state index is -1.23. The summed E-state index contributed by atoms with van der Waals surface area (Å²) < 4.78 is 1.57. The molecule has 0 aliphatic rings. The van der Waals surface area contributed by atoms with Crippen molar-refractivity contribution >= 4 is 5.97 Å². The second kappa shape index (κ2) is 5.48. The summed E-state index contributed by atoms with van der Waals surface area (Å²) in [6, 6.07) is 15.2. The number of aromatic carboxylic acids is 1. The lowest BCUT2D eigenvalue weighted by Gasteiger charge is -2.06. The molecule has 0 radical (unpaired) electrons. The minimum Gasteiger partial charge on any atom is -0.545 e. The summed E-state index contributed by atoms with van der Waals surface area (Å²) in [4.78, 5) is 11.4. The molecule has 0 saturated heterocycles. The third-order valence-electron chi connectivity index (χ3n) is 3.74. The Balaban J connectivity index is 2.16.